The molecular formula is C14H19N3O5. The number of aliphatic hydroxyl groups is 1. The van der Waals surface area contributed by atoms with E-state index in [9.17, 15) is 20.0 Å². The minimum Gasteiger partial charge on any atom is -0.467 e. The van der Waals surface area contributed by atoms with Crippen LogP contribution in [0.3, 0.4) is 0 Å². The van der Waals surface area contributed by atoms with Crippen LogP contribution in [0.1, 0.15) is 18.5 Å². The molecule has 0 bridgehead atoms. The van der Waals surface area contributed by atoms with Crippen LogP contribution in [-0.4, -0.2) is 47.3 Å². The van der Waals surface area contributed by atoms with Gasteiger partial charge in [-0.25, -0.2) is 9.78 Å². The lowest BCUT2D eigenvalue weighted by molar-refractivity contribution is -0.385. The zero-order chi connectivity index (χ0) is 16.3. The van der Waals surface area contributed by atoms with E-state index in [4.69, 9.17) is 0 Å². The van der Waals surface area contributed by atoms with Crippen LogP contribution in [0, 0.1) is 23.0 Å². The van der Waals surface area contributed by atoms with E-state index in [1.54, 1.807) is 13.0 Å². The highest BCUT2D eigenvalue weighted by molar-refractivity contribution is 5.74. The van der Waals surface area contributed by atoms with Crippen molar-refractivity contribution in [2.24, 2.45) is 5.92 Å². The van der Waals surface area contributed by atoms with E-state index in [1.807, 2.05) is 4.90 Å². The summed E-state index contributed by atoms with van der Waals surface area (Å²) >= 11 is 0. The number of aliphatic hydroxyl groups excluding tert-OH is 1. The lowest BCUT2D eigenvalue weighted by Crippen LogP contribution is -2.41. The minimum absolute atomic E-state index is 0.000232. The number of nitro groups is 1. The van der Waals surface area contributed by atoms with Gasteiger partial charge in [-0.3, -0.25) is 10.1 Å². The molecule has 2 rings (SSSR count). The first-order valence-electron chi connectivity index (χ1n) is 7.07. The quantitative estimate of drug-likeness (QED) is 0.503. The molecule has 1 aromatic heterocycles. The van der Waals surface area contributed by atoms with Gasteiger partial charge >= 0.3 is 5.97 Å². The number of carbonyl (C=O) groups is 1. The Hall–Kier alpha value is -2.22. The van der Waals surface area contributed by atoms with Crippen molar-refractivity contribution in [1.29, 1.82) is 0 Å². The third-order valence-electron chi connectivity index (χ3n) is 3.99. The van der Waals surface area contributed by atoms with Gasteiger partial charge in [0.15, 0.2) is 6.10 Å². The summed E-state index contributed by atoms with van der Waals surface area (Å²) in [6, 6.07) is 3.08. The van der Waals surface area contributed by atoms with Crippen molar-refractivity contribution in [2.45, 2.75) is 25.9 Å². The topological polar surface area (TPSA) is 106 Å². The summed E-state index contributed by atoms with van der Waals surface area (Å²) in [7, 11) is 1.25. The lowest BCUT2D eigenvalue weighted by atomic mass is 9.91. The first kappa shape index (κ1) is 16.2. The monoisotopic (exact) mass is 309 g/mol. The molecule has 0 amide bonds. The molecule has 1 aliphatic rings. The van der Waals surface area contributed by atoms with Crippen molar-refractivity contribution in [3.05, 3.63) is 27.9 Å². The van der Waals surface area contributed by atoms with E-state index < -0.39 is 17.0 Å². The molecule has 1 unspecified atom stereocenters. The predicted octanol–water partition coefficient (Wildman–Crippen LogP) is 1.05. The first-order valence-corrected chi connectivity index (χ1v) is 7.07. The van der Waals surface area contributed by atoms with Crippen LogP contribution < -0.4 is 4.90 Å². The smallest absolute Gasteiger partial charge is 0.334 e. The molecule has 1 atom stereocenters. The van der Waals surface area contributed by atoms with E-state index in [-0.39, 0.29) is 11.6 Å². The van der Waals surface area contributed by atoms with Gasteiger partial charge in [-0.15, -0.1) is 0 Å². The molecule has 0 spiro atoms. The summed E-state index contributed by atoms with van der Waals surface area (Å²) in [5.41, 5.74) is 0.374. The Morgan fingerprint density at radius 3 is 2.64 bits per heavy atom. The number of aromatic nitrogens is 1. The van der Waals surface area contributed by atoms with Gasteiger partial charge in [-0.2, -0.15) is 0 Å². The maximum Gasteiger partial charge on any atom is 0.334 e. The number of piperidine rings is 1. The fourth-order valence-electron chi connectivity index (χ4n) is 2.67. The van der Waals surface area contributed by atoms with Crippen LogP contribution in [0.5, 0.6) is 0 Å². The van der Waals surface area contributed by atoms with Crippen LogP contribution in [-0.2, 0) is 9.53 Å². The molecule has 120 valence electrons. The summed E-state index contributed by atoms with van der Waals surface area (Å²) < 4.78 is 4.55. The molecule has 8 nitrogen and oxygen atoms in total. The van der Waals surface area contributed by atoms with Crippen molar-refractivity contribution < 1.29 is 19.6 Å². The zero-order valence-electron chi connectivity index (χ0n) is 12.6. The average Bonchev–Trinajstić information content (AvgIpc) is 2.53. The van der Waals surface area contributed by atoms with E-state index in [0.29, 0.717) is 37.4 Å². The van der Waals surface area contributed by atoms with E-state index in [1.165, 1.54) is 13.2 Å². The molecule has 1 N–H and O–H groups in total. The zero-order valence-corrected chi connectivity index (χ0v) is 12.6. The average molecular weight is 309 g/mol. The molecule has 0 aliphatic carbocycles. The Balaban J connectivity index is 2.01. The van der Waals surface area contributed by atoms with Gasteiger partial charge in [0.05, 0.1) is 12.0 Å². The van der Waals surface area contributed by atoms with Crippen LogP contribution in [0.15, 0.2) is 12.1 Å². The Labute approximate surface area is 127 Å². The Morgan fingerprint density at radius 1 is 1.50 bits per heavy atom. The van der Waals surface area contributed by atoms with Crippen molar-refractivity contribution in [3.63, 3.8) is 0 Å². The molecule has 0 radical (unpaired) electrons. The summed E-state index contributed by atoms with van der Waals surface area (Å²) in [6.07, 6.45) is 0.167. The highest BCUT2D eigenvalue weighted by atomic mass is 16.6. The van der Waals surface area contributed by atoms with Gasteiger partial charge < -0.3 is 14.7 Å². The van der Waals surface area contributed by atoms with Crippen LogP contribution in [0.4, 0.5) is 11.5 Å². The second-order valence-electron chi connectivity index (χ2n) is 5.32. The number of aryl methyl sites for hydroxylation is 1. The fraction of sp³-hybridized carbons (Fsp3) is 0.571. The number of esters is 1. The number of hydrogen-bond donors (Lipinski definition) is 1. The minimum atomic E-state index is -1.10. The molecule has 1 saturated heterocycles. The summed E-state index contributed by atoms with van der Waals surface area (Å²) in [6.45, 7) is 2.86. The number of rotatable bonds is 4. The number of ether oxygens (including phenoxy) is 1. The molecular weight excluding hydrogens is 290 g/mol. The third-order valence-corrected chi connectivity index (χ3v) is 3.99. The number of anilines is 1. The van der Waals surface area contributed by atoms with E-state index in [2.05, 4.69) is 9.72 Å². The Bertz CT molecular complexity index is 570. The number of nitrogens with zero attached hydrogens (tertiary/aromatic N) is 3. The van der Waals surface area contributed by atoms with Gasteiger partial charge in [0.2, 0.25) is 0 Å². The summed E-state index contributed by atoms with van der Waals surface area (Å²) in [5, 5.41) is 20.7. The maximum atomic E-state index is 11.3. The van der Waals surface area contributed by atoms with E-state index >= 15 is 0 Å². The fourth-order valence-corrected chi connectivity index (χ4v) is 2.67. The largest absolute Gasteiger partial charge is 0.467 e. The van der Waals surface area contributed by atoms with Gasteiger partial charge in [0.1, 0.15) is 11.5 Å². The second kappa shape index (κ2) is 6.69. The van der Waals surface area contributed by atoms with Gasteiger partial charge in [-0.05, 0) is 31.7 Å². The van der Waals surface area contributed by atoms with Crippen molar-refractivity contribution in [1.82, 2.24) is 4.98 Å². The molecule has 2 heterocycles. The molecule has 8 heteroatoms. The van der Waals surface area contributed by atoms with Gasteiger partial charge in [0.25, 0.3) is 5.69 Å². The highest BCUT2D eigenvalue weighted by Crippen LogP contribution is 2.26. The SMILES string of the molecule is COC(=O)C(O)C1CCN(c2ccc([N+](=O)[O-])c(C)n2)CC1. The maximum absolute atomic E-state index is 11.3. The van der Waals surface area contributed by atoms with E-state index in [0.717, 1.165) is 0 Å². The normalized spacial score (nSPS) is 17.1. The van der Waals surface area contributed by atoms with Crippen LogP contribution in [0.25, 0.3) is 0 Å². The van der Waals surface area contributed by atoms with Crippen LogP contribution in [0.2, 0.25) is 0 Å². The Kier molecular flexibility index (Phi) is 4.92. The molecule has 0 aromatic carbocycles. The molecule has 22 heavy (non-hydrogen) atoms. The van der Waals surface area contributed by atoms with Crippen molar-refractivity contribution in [3.8, 4) is 0 Å². The number of carbonyl (C=O) groups excluding carboxylic acids is 1. The lowest BCUT2D eigenvalue weighted by Gasteiger charge is -2.34. The third kappa shape index (κ3) is 3.33. The Morgan fingerprint density at radius 2 is 2.14 bits per heavy atom. The molecule has 1 aliphatic heterocycles. The van der Waals surface area contributed by atoms with Crippen molar-refractivity contribution >= 4 is 17.5 Å². The summed E-state index contributed by atoms with van der Waals surface area (Å²) in [5.74, 6) is -0.0697. The molecule has 1 aromatic rings. The van der Waals surface area contributed by atoms with Crippen molar-refractivity contribution in [2.75, 3.05) is 25.1 Å². The molecule has 0 saturated carbocycles. The number of pyridine rings is 1. The van der Waals surface area contributed by atoms with Gasteiger partial charge in [-0.1, -0.05) is 0 Å². The van der Waals surface area contributed by atoms with Gasteiger partial charge in [0, 0.05) is 19.2 Å². The molecule has 1 fully saturated rings. The standard InChI is InChI=1S/C14H19N3O5/c1-9-11(17(20)21)3-4-12(15-9)16-7-5-10(6-8-16)13(18)14(19)22-2/h3-4,10,13,18H,5-8H2,1-2H3. The number of methoxy groups -OCH3 is 1. The van der Waals surface area contributed by atoms with Crippen LogP contribution >= 0.6 is 0 Å². The second-order valence-corrected chi connectivity index (χ2v) is 5.32. The number of hydrogen-bond acceptors (Lipinski definition) is 7. The highest BCUT2D eigenvalue weighted by Gasteiger charge is 2.31. The summed E-state index contributed by atoms with van der Waals surface area (Å²) in [4.78, 5) is 28.0. The predicted molar refractivity (Wildman–Crippen MR) is 78.6 cm³/mol. The first-order chi connectivity index (χ1) is 10.4.